The molecule has 0 spiro atoms. The Balaban J connectivity index is 2.17. The van der Waals surface area contributed by atoms with Gasteiger partial charge >= 0.3 is 12.3 Å². The lowest BCUT2D eigenvalue weighted by molar-refractivity contribution is -0.138. The summed E-state index contributed by atoms with van der Waals surface area (Å²) in [5.74, 6) is -1.11. The largest absolute Gasteiger partial charge is 0.444 e. The van der Waals surface area contributed by atoms with Gasteiger partial charge in [-0.25, -0.2) is 19.2 Å². The molecule has 1 amide bonds. The molecule has 0 aliphatic carbocycles. The summed E-state index contributed by atoms with van der Waals surface area (Å²) in [6.07, 6.45) is -4.35. The Bertz CT molecular complexity index is 853. The number of fused-ring (bicyclic) bond motifs is 1. The summed E-state index contributed by atoms with van der Waals surface area (Å²) in [6, 6.07) is 0.770. The van der Waals surface area contributed by atoms with E-state index in [1.807, 2.05) is 0 Å². The normalized spacial score (nSPS) is 12.1. The van der Waals surface area contributed by atoms with Gasteiger partial charge in [-0.05, 0) is 42.8 Å². The van der Waals surface area contributed by atoms with Gasteiger partial charge in [-0.15, -0.1) is 0 Å². The van der Waals surface area contributed by atoms with Crippen LogP contribution in [0.2, 0.25) is 0 Å². The van der Waals surface area contributed by atoms with Crippen LogP contribution in [0.3, 0.4) is 0 Å². The van der Waals surface area contributed by atoms with Crippen molar-refractivity contribution in [3.63, 3.8) is 0 Å². The van der Waals surface area contributed by atoms with E-state index in [0.717, 1.165) is 12.4 Å². The monoisotopic (exact) mass is 452 g/mol. The van der Waals surface area contributed by atoms with E-state index in [1.165, 1.54) is 0 Å². The molecule has 2 N–H and O–H groups in total. The van der Waals surface area contributed by atoms with Crippen LogP contribution in [0.15, 0.2) is 16.9 Å². The smallest absolute Gasteiger partial charge is 0.417 e. The average Bonchev–Trinajstić information content (AvgIpc) is 2.52. The molecular formula is C16H17BrF4N4O2. The number of carbonyl (C=O) groups excluding carboxylic acids is 1. The summed E-state index contributed by atoms with van der Waals surface area (Å²) in [5, 5.41) is 5.12. The number of rotatable bonds is 4. The molecule has 0 atom stereocenters. The number of hydrogen-bond acceptors (Lipinski definition) is 5. The minimum Gasteiger partial charge on any atom is -0.444 e. The van der Waals surface area contributed by atoms with Gasteiger partial charge in [-0.1, -0.05) is 0 Å². The fourth-order valence-electron chi connectivity index (χ4n) is 2.14. The predicted octanol–water partition coefficient (Wildman–Crippen LogP) is 4.49. The maximum absolute atomic E-state index is 14.3. The maximum atomic E-state index is 14.3. The van der Waals surface area contributed by atoms with Crippen LogP contribution in [0.1, 0.15) is 26.3 Å². The fourth-order valence-corrected chi connectivity index (χ4v) is 2.67. The third-order valence-electron chi connectivity index (χ3n) is 3.20. The number of nitrogens with zero attached hydrogens (tertiary/aromatic N) is 2. The van der Waals surface area contributed by atoms with E-state index in [1.54, 1.807) is 20.8 Å². The van der Waals surface area contributed by atoms with Gasteiger partial charge < -0.3 is 15.4 Å². The van der Waals surface area contributed by atoms with Gasteiger partial charge in [0.05, 0.1) is 10.0 Å². The second-order valence-corrected chi connectivity index (χ2v) is 7.32. The topological polar surface area (TPSA) is 76.1 Å². The molecule has 0 saturated carbocycles. The van der Waals surface area contributed by atoms with Gasteiger partial charge in [0.15, 0.2) is 5.82 Å². The van der Waals surface area contributed by atoms with Crippen LogP contribution in [0, 0.1) is 5.82 Å². The lowest BCUT2D eigenvalue weighted by atomic mass is 10.1. The molecule has 6 nitrogen and oxygen atoms in total. The number of anilines is 1. The summed E-state index contributed by atoms with van der Waals surface area (Å²) in [4.78, 5) is 19.1. The van der Waals surface area contributed by atoms with Crippen molar-refractivity contribution in [3.8, 4) is 0 Å². The molecule has 1 aromatic heterocycles. The molecule has 0 radical (unpaired) electrons. The minimum absolute atomic E-state index is 0.0166. The van der Waals surface area contributed by atoms with E-state index in [9.17, 15) is 22.4 Å². The highest BCUT2D eigenvalue weighted by Gasteiger charge is 2.35. The SMILES string of the molecule is CC(C)(C)OC(=O)NCCNc1ncnc2c(F)c(Br)c(C(F)(F)F)cc12. The van der Waals surface area contributed by atoms with E-state index in [4.69, 9.17) is 4.74 Å². The van der Waals surface area contributed by atoms with E-state index in [-0.39, 0.29) is 29.8 Å². The van der Waals surface area contributed by atoms with Gasteiger partial charge in [-0.3, -0.25) is 0 Å². The first kappa shape index (κ1) is 21.1. The Kier molecular flexibility index (Phi) is 6.13. The highest BCUT2D eigenvalue weighted by Crippen LogP contribution is 2.39. The van der Waals surface area contributed by atoms with Crippen molar-refractivity contribution in [2.75, 3.05) is 18.4 Å². The molecule has 2 aromatic rings. The number of alkyl carbamates (subject to hydrolysis) is 1. The van der Waals surface area contributed by atoms with E-state index < -0.39 is 33.7 Å². The molecule has 0 unspecified atom stereocenters. The van der Waals surface area contributed by atoms with E-state index in [0.29, 0.717) is 0 Å². The number of amides is 1. The Morgan fingerprint density at radius 2 is 1.89 bits per heavy atom. The summed E-state index contributed by atoms with van der Waals surface area (Å²) in [6.45, 7) is 5.38. The summed E-state index contributed by atoms with van der Waals surface area (Å²) in [7, 11) is 0. The Labute approximate surface area is 160 Å². The Hall–Kier alpha value is -2.17. The van der Waals surface area contributed by atoms with Crippen molar-refractivity contribution < 1.29 is 27.1 Å². The molecule has 0 aliphatic rings. The fraction of sp³-hybridized carbons (Fsp3) is 0.438. The lowest BCUT2D eigenvalue weighted by Gasteiger charge is -2.19. The van der Waals surface area contributed by atoms with Crippen molar-refractivity contribution in [2.24, 2.45) is 0 Å². The number of hydrogen-bond donors (Lipinski definition) is 2. The van der Waals surface area contributed by atoms with Crippen LogP contribution in [0.5, 0.6) is 0 Å². The molecule has 0 bridgehead atoms. The minimum atomic E-state index is -4.75. The first-order chi connectivity index (χ1) is 12.4. The Morgan fingerprint density at radius 1 is 1.22 bits per heavy atom. The molecule has 0 aliphatic heterocycles. The van der Waals surface area contributed by atoms with Crippen LogP contribution < -0.4 is 10.6 Å². The Morgan fingerprint density at radius 3 is 2.48 bits per heavy atom. The molecule has 11 heteroatoms. The van der Waals surface area contributed by atoms with Gasteiger partial charge in [-0.2, -0.15) is 13.2 Å². The van der Waals surface area contributed by atoms with Crippen LogP contribution in [0.25, 0.3) is 10.9 Å². The van der Waals surface area contributed by atoms with Crippen LogP contribution in [-0.4, -0.2) is 34.8 Å². The first-order valence-electron chi connectivity index (χ1n) is 7.81. The third kappa shape index (κ3) is 5.41. The van der Waals surface area contributed by atoms with Crippen LogP contribution in [0.4, 0.5) is 28.2 Å². The summed E-state index contributed by atoms with van der Waals surface area (Å²) in [5.41, 5.74) is -2.08. The highest BCUT2D eigenvalue weighted by molar-refractivity contribution is 9.10. The third-order valence-corrected chi connectivity index (χ3v) is 3.98. The van der Waals surface area contributed by atoms with Crippen molar-refractivity contribution in [2.45, 2.75) is 32.5 Å². The van der Waals surface area contributed by atoms with Gasteiger partial charge in [0.1, 0.15) is 23.3 Å². The zero-order valence-corrected chi connectivity index (χ0v) is 16.3. The maximum Gasteiger partial charge on any atom is 0.417 e. The molecule has 0 fully saturated rings. The van der Waals surface area contributed by atoms with Crippen molar-refractivity contribution in [1.82, 2.24) is 15.3 Å². The second-order valence-electron chi connectivity index (χ2n) is 6.52. The number of alkyl halides is 3. The molecule has 2 rings (SSSR count). The van der Waals surface area contributed by atoms with Crippen LogP contribution in [-0.2, 0) is 10.9 Å². The zero-order valence-electron chi connectivity index (χ0n) is 14.7. The van der Waals surface area contributed by atoms with Crippen LogP contribution >= 0.6 is 15.9 Å². The number of aromatic nitrogens is 2. The van der Waals surface area contributed by atoms with Crippen molar-refractivity contribution in [3.05, 3.63) is 28.2 Å². The van der Waals surface area contributed by atoms with Gasteiger partial charge in [0, 0.05) is 18.5 Å². The van der Waals surface area contributed by atoms with Crippen molar-refractivity contribution in [1.29, 1.82) is 0 Å². The predicted molar refractivity (Wildman–Crippen MR) is 94.9 cm³/mol. The number of nitrogens with one attached hydrogen (secondary N) is 2. The van der Waals surface area contributed by atoms with E-state index >= 15 is 0 Å². The molecule has 27 heavy (non-hydrogen) atoms. The number of ether oxygens (including phenoxy) is 1. The first-order valence-corrected chi connectivity index (χ1v) is 8.60. The molecular weight excluding hydrogens is 436 g/mol. The molecule has 0 saturated heterocycles. The summed E-state index contributed by atoms with van der Waals surface area (Å²) >= 11 is 2.63. The standard InChI is InChI=1S/C16H17BrF4N4O2/c1-15(2,3)27-14(26)23-5-4-22-13-8-6-9(16(19,20)21)10(17)11(18)12(8)24-7-25-13/h6-7H,4-5H2,1-3H3,(H,23,26)(H,22,24,25). The van der Waals surface area contributed by atoms with Gasteiger partial charge in [0.2, 0.25) is 0 Å². The zero-order chi connectivity index (χ0) is 20.4. The van der Waals surface area contributed by atoms with Gasteiger partial charge in [0.25, 0.3) is 0 Å². The number of carbonyl (C=O) groups is 1. The van der Waals surface area contributed by atoms with Crippen molar-refractivity contribution >= 4 is 38.7 Å². The second kappa shape index (κ2) is 7.83. The molecule has 1 aromatic carbocycles. The van der Waals surface area contributed by atoms with E-state index in [2.05, 4.69) is 36.5 Å². The number of benzene rings is 1. The number of halogens is 5. The molecule has 148 valence electrons. The lowest BCUT2D eigenvalue weighted by Crippen LogP contribution is -2.35. The molecule has 1 heterocycles. The highest BCUT2D eigenvalue weighted by atomic mass is 79.9. The quantitative estimate of drug-likeness (QED) is 0.527. The summed E-state index contributed by atoms with van der Waals surface area (Å²) < 4.78 is 57.9. The average molecular weight is 453 g/mol.